The van der Waals surface area contributed by atoms with Crippen LogP contribution in [-0.4, -0.2) is 32.8 Å². The molecule has 0 bridgehead atoms. The molecular weight excluding hydrogens is 260 g/mol. The lowest BCUT2D eigenvalue weighted by molar-refractivity contribution is -0.123. The average molecular weight is 282 g/mol. The summed E-state index contributed by atoms with van der Waals surface area (Å²) in [5.74, 6) is 1.17. The molecule has 0 heterocycles. The maximum Gasteiger partial charge on any atom is 0.258 e. The van der Waals surface area contributed by atoms with E-state index in [0.29, 0.717) is 23.8 Å². The molecule has 0 atom stereocenters. The second kappa shape index (κ2) is 7.59. The van der Waals surface area contributed by atoms with Gasteiger partial charge in [0.2, 0.25) is 5.75 Å². The van der Waals surface area contributed by atoms with E-state index in [1.807, 2.05) is 13.8 Å². The van der Waals surface area contributed by atoms with Gasteiger partial charge in [-0.25, -0.2) is 0 Å². The summed E-state index contributed by atoms with van der Waals surface area (Å²) in [5.41, 5.74) is 6.47. The minimum absolute atomic E-state index is 0.0644. The zero-order valence-electron chi connectivity index (χ0n) is 12.4. The maximum absolute atomic E-state index is 11.6. The first-order valence-electron chi connectivity index (χ1n) is 6.39. The Morgan fingerprint density at radius 2 is 1.80 bits per heavy atom. The topological polar surface area (TPSA) is 82.8 Å². The van der Waals surface area contributed by atoms with Gasteiger partial charge in [-0.3, -0.25) is 4.79 Å². The second-order valence-electron chi connectivity index (χ2n) is 4.54. The molecule has 6 nitrogen and oxygen atoms in total. The molecule has 20 heavy (non-hydrogen) atoms. The van der Waals surface area contributed by atoms with Gasteiger partial charge in [0.15, 0.2) is 18.1 Å². The van der Waals surface area contributed by atoms with Gasteiger partial charge in [0.05, 0.1) is 14.2 Å². The van der Waals surface area contributed by atoms with Crippen molar-refractivity contribution >= 4 is 5.91 Å². The quantitative estimate of drug-likeness (QED) is 0.781. The summed E-state index contributed by atoms with van der Waals surface area (Å²) in [4.78, 5) is 11.6. The molecule has 0 aliphatic heterocycles. The van der Waals surface area contributed by atoms with Crippen LogP contribution in [0.25, 0.3) is 0 Å². The van der Waals surface area contributed by atoms with Crippen LogP contribution in [0.4, 0.5) is 0 Å². The molecular formula is C14H22N2O4. The molecule has 6 heteroatoms. The van der Waals surface area contributed by atoms with Crippen molar-refractivity contribution in [2.75, 3.05) is 20.8 Å². The molecule has 0 fully saturated rings. The molecule has 1 aromatic rings. The smallest absolute Gasteiger partial charge is 0.258 e. The minimum Gasteiger partial charge on any atom is -0.493 e. The van der Waals surface area contributed by atoms with Gasteiger partial charge in [0.1, 0.15) is 0 Å². The van der Waals surface area contributed by atoms with E-state index in [2.05, 4.69) is 5.32 Å². The van der Waals surface area contributed by atoms with E-state index in [1.54, 1.807) is 12.1 Å². The Bertz CT molecular complexity index is 435. The van der Waals surface area contributed by atoms with Gasteiger partial charge in [-0.1, -0.05) is 0 Å². The van der Waals surface area contributed by atoms with E-state index >= 15 is 0 Å². The Morgan fingerprint density at radius 1 is 1.25 bits per heavy atom. The van der Waals surface area contributed by atoms with Crippen LogP contribution in [0.15, 0.2) is 12.1 Å². The fraction of sp³-hybridized carbons (Fsp3) is 0.500. The lowest BCUT2D eigenvalue weighted by atomic mass is 10.2. The van der Waals surface area contributed by atoms with Gasteiger partial charge < -0.3 is 25.3 Å². The number of carbonyl (C=O) groups excluding carboxylic acids is 1. The van der Waals surface area contributed by atoms with Gasteiger partial charge in [0, 0.05) is 12.6 Å². The summed E-state index contributed by atoms with van der Waals surface area (Å²) in [7, 11) is 3.05. The van der Waals surface area contributed by atoms with Gasteiger partial charge in [-0.2, -0.15) is 0 Å². The number of hydrogen-bond acceptors (Lipinski definition) is 5. The molecule has 112 valence electrons. The molecule has 0 aliphatic carbocycles. The van der Waals surface area contributed by atoms with E-state index in [1.165, 1.54) is 14.2 Å². The zero-order chi connectivity index (χ0) is 15.1. The molecule has 0 saturated heterocycles. The highest BCUT2D eigenvalue weighted by Gasteiger charge is 2.15. The van der Waals surface area contributed by atoms with E-state index in [0.717, 1.165) is 5.56 Å². The molecule has 0 aliphatic rings. The van der Waals surface area contributed by atoms with Gasteiger partial charge >= 0.3 is 0 Å². The summed E-state index contributed by atoms with van der Waals surface area (Å²) in [6, 6.07) is 3.59. The Hall–Kier alpha value is -1.95. The van der Waals surface area contributed by atoms with Crippen molar-refractivity contribution in [1.29, 1.82) is 0 Å². The second-order valence-corrected chi connectivity index (χ2v) is 4.54. The Kier molecular flexibility index (Phi) is 6.11. The SMILES string of the molecule is COc1cc(CN)cc(OC)c1OCC(=O)NC(C)C. The summed E-state index contributed by atoms with van der Waals surface area (Å²) < 4.78 is 16.0. The van der Waals surface area contributed by atoms with E-state index in [4.69, 9.17) is 19.9 Å². The average Bonchev–Trinajstić information content (AvgIpc) is 2.43. The van der Waals surface area contributed by atoms with Crippen molar-refractivity contribution in [3.63, 3.8) is 0 Å². The first-order valence-corrected chi connectivity index (χ1v) is 6.39. The van der Waals surface area contributed by atoms with Crippen molar-refractivity contribution in [2.24, 2.45) is 5.73 Å². The zero-order valence-corrected chi connectivity index (χ0v) is 12.4. The largest absolute Gasteiger partial charge is 0.493 e. The minimum atomic E-state index is -0.202. The summed E-state index contributed by atoms with van der Waals surface area (Å²) in [6.07, 6.45) is 0. The number of nitrogens with one attached hydrogen (secondary N) is 1. The number of carbonyl (C=O) groups is 1. The number of ether oxygens (including phenoxy) is 3. The molecule has 0 saturated carbocycles. The van der Waals surface area contributed by atoms with Crippen LogP contribution in [0, 0.1) is 0 Å². The first-order chi connectivity index (χ1) is 9.51. The van der Waals surface area contributed by atoms with Crippen molar-refractivity contribution in [3.05, 3.63) is 17.7 Å². The predicted octanol–water partition coefficient (Wildman–Crippen LogP) is 1.07. The highest BCUT2D eigenvalue weighted by Crippen LogP contribution is 2.38. The Morgan fingerprint density at radius 3 is 2.20 bits per heavy atom. The molecule has 0 spiro atoms. The lowest BCUT2D eigenvalue weighted by Gasteiger charge is -2.16. The monoisotopic (exact) mass is 282 g/mol. The van der Waals surface area contributed by atoms with Crippen LogP contribution in [-0.2, 0) is 11.3 Å². The maximum atomic E-state index is 11.6. The number of benzene rings is 1. The summed E-state index contributed by atoms with van der Waals surface area (Å²) >= 11 is 0. The molecule has 3 N–H and O–H groups in total. The Balaban J connectivity index is 2.90. The number of nitrogens with two attached hydrogens (primary N) is 1. The number of amides is 1. The molecule has 0 aromatic heterocycles. The normalized spacial score (nSPS) is 10.3. The van der Waals surface area contributed by atoms with Gasteiger partial charge in [-0.05, 0) is 31.5 Å². The first kappa shape index (κ1) is 16.1. The Labute approximate surface area is 119 Å². The summed E-state index contributed by atoms with van der Waals surface area (Å²) in [5, 5.41) is 2.74. The van der Waals surface area contributed by atoms with Crippen LogP contribution in [0.3, 0.4) is 0 Å². The van der Waals surface area contributed by atoms with Gasteiger partial charge in [-0.15, -0.1) is 0 Å². The van der Waals surface area contributed by atoms with E-state index in [-0.39, 0.29) is 18.6 Å². The number of methoxy groups -OCH3 is 2. The van der Waals surface area contributed by atoms with Crippen LogP contribution in [0.2, 0.25) is 0 Å². The third kappa shape index (κ3) is 4.31. The fourth-order valence-corrected chi connectivity index (χ4v) is 1.70. The lowest BCUT2D eigenvalue weighted by Crippen LogP contribution is -2.34. The van der Waals surface area contributed by atoms with Crippen LogP contribution in [0.5, 0.6) is 17.2 Å². The number of rotatable bonds is 7. The fourth-order valence-electron chi connectivity index (χ4n) is 1.70. The highest BCUT2D eigenvalue weighted by molar-refractivity contribution is 5.78. The van der Waals surface area contributed by atoms with E-state index < -0.39 is 0 Å². The highest BCUT2D eigenvalue weighted by atomic mass is 16.5. The van der Waals surface area contributed by atoms with Crippen LogP contribution >= 0.6 is 0 Å². The van der Waals surface area contributed by atoms with Crippen molar-refractivity contribution in [2.45, 2.75) is 26.4 Å². The van der Waals surface area contributed by atoms with Crippen LogP contribution in [0.1, 0.15) is 19.4 Å². The molecule has 1 rings (SSSR count). The molecule has 1 aromatic carbocycles. The predicted molar refractivity (Wildman–Crippen MR) is 76.2 cm³/mol. The van der Waals surface area contributed by atoms with Crippen molar-refractivity contribution < 1.29 is 19.0 Å². The third-order valence-electron chi connectivity index (χ3n) is 2.55. The van der Waals surface area contributed by atoms with Gasteiger partial charge in [0.25, 0.3) is 5.91 Å². The third-order valence-corrected chi connectivity index (χ3v) is 2.55. The summed E-state index contributed by atoms with van der Waals surface area (Å²) in [6.45, 7) is 4.03. The van der Waals surface area contributed by atoms with Crippen molar-refractivity contribution in [3.8, 4) is 17.2 Å². The molecule has 1 amide bonds. The standard InChI is InChI=1S/C14H22N2O4/c1-9(2)16-13(17)8-20-14-11(18-3)5-10(7-15)6-12(14)19-4/h5-6,9H,7-8,15H2,1-4H3,(H,16,17). The molecule has 0 unspecified atom stereocenters. The number of hydrogen-bond donors (Lipinski definition) is 2. The van der Waals surface area contributed by atoms with Crippen LogP contribution < -0.4 is 25.3 Å². The van der Waals surface area contributed by atoms with E-state index in [9.17, 15) is 4.79 Å². The van der Waals surface area contributed by atoms with Crippen molar-refractivity contribution in [1.82, 2.24) is 5.32 Å². The molecule has 0 radical (unpaired) electrons.